The smallest absolute Gasteiger partial charge is 0.259 e. The highest BCUT2D eigenvalue weighted by Crippen LogP contribution is 2.41. The van der Waals surface area contributed by atoms with Gasteiger partial charge in [-0.1, -0.05) is 25.9 Å². The third-order valence-corrected chi connectivity index (χ3v) is 5.22. The number of carbonyl (C=O) groups is 1. The van der Waals surface area contributed by atoms with Crippen molar-refractivity contribution in [3.63, 3.8) is 0 Å². The number of halogens is 1. The predicted molar refractivity (Wildman–Crippen MR) is 108 cm³/mol. The van der Waals surface area contributed by atoms with E-state index >= 15 is 0 Å². The van der Waals surface area contributed by atoms with Gasteiger partial charge < -0.3 is 14.7 Å². The minimum atomic E-state index is 0. The molecule has 2 aromatic heterocycles. The summed E-state index contributed by atoms with van der Waals surface area (Å²) in [6.45, 7) is 11.0. The molecule has 1 saturated heterocycles. The molecule has 0 aromatic carbocycles. The van der Waals surface area contributed by atoms with Crippen molar-refractivity contribution in [2.75, 3.05) is 19.6 Å². The Morgan fingerprint density at radius 2 is 2.11 bits per heavy atom. The van der Waals surface area contributed by atoms with Gasteiger partial charge in [0.15, 0.2) is 0 Å². The highest BCUT2D eigenvalue weighted by Gasteiger charge is 2.32. The Bertz CT molecular complexity index is 838. The van der Waals surface area contributed by atoms with Gasteiger partial charge in [0, 0.05) is 37.3 Å². The lowest BCUT2D eigenvalue weighted by Gasteiger charge is -2.34. The zero-order valence-corrected chi connectivity index (χ0v) is 17.4. The second-order valence-electron chi connectivity index (χ2n) is 8.97. The molecule has 2 aromatic rings. The fraction of sp³-hybridized carbons (Fsp3) is 0.650. The summed E-state index contributed by atoms with van der Waals surface area (Å²) in [6, 6.07) is 2.18. The number of rotatable bonds is 3. The van der Waals surface area contributed by atoms with E-state index in [1.165, 1.54) is 0 Å². The summed E-state index contributed by atoms with van der Waals surface area (Å²) in [6.07, 6.45) is 3.03. The number of piperazine rings is 1. The molecule has 148 valence electrons. The Morgan fingerprint density at radius 3 is 2.74 bits per heavy atom. The van der Waals surface area contributed by atoms with Gasteiger partial charge in [-0.05, 0) is 37.7 Å². The topological polar surface area (TPSA) is 71.3 Å². The van der Waals surface area contributed by atoms with E-state index in [0.717, 1.165) is 55.7 Å². The van der Waals surface area contributed by atoms with Crippen molar-refractivity contribution >= 4 is 29.4 Å². The van der Waals surface area contributed by atoms with Crippen LogP contribution in [0.25, 0.3) is 11.1 Å². The normalized spacial score (nSPS) is 20.6. The number of fused-ring (bicyclic) bond motifs is 1. The predicted octanol–water partition coefficient (Wildman–Crippen LogP) is 3.54. The van der Waals surface area contributed by atoms with Gasteiger partial charge in [-0.2, -0.15) is 0 Å². The molecule has 3 heterocycles. The molecule has 0 spiro atoms. The molecule has 6 nitrogen and oxygen atoms in total. The van der Waals surface area contributed by atoms with Gasteiger partial charge in [0.25, 0.3) is 11.6 Å². The molecule has 7 heteroatoms. The van der Waals surface area contributed by atoms with E-state index in [-0.39, 0.29) is 29.8 Å². The Morgan fingerprint density at radius 1 is 1.37 bits per heavy atom. The van der Waals surface area contributed by atoms with Crippen LogP contribution in [0, 0.1) is 5.41 Å². The fourth-order valence-corrected chi connectivity index (χ4v) is 3.71. The summed E-state index contributed by atoms with van der Waals surface area (Å²) in [4.78, 5) is 20.1. The number of aromatic nitrogens is 2. The molecule has 1 aliphatic heterocycles. The van der Waals surface area contributed by atoms with E-state index in [4.69, 9.17) is 4.52 Å². The first kappa shape index (κ1) is 20.1. The maximum Gasteiger partial charge on any atom is 0.259 e. The number of hydrogen-bond acceptors (Lipinski definition) is 5. The Labute approximate surface area is 166 Å². The Kier molecular flexibility index (Phi) is 5.50. The monoisotopic (exact) mass is 392 g/mol. The largest absolute Gasteiger partial charge is 0.336 e. The second kappa shape index (κ2) is 7.40. The van der Waals surface area contributed by atoms with Crippen LogP contribution in [0.3, 0.4) is 0 Å². The van der Waals surface area contributed by atoms with Crippen LogP contribution in [-0.4, -0.2) is 46.6 Å². The van der Waals surface area contributed by atoms with E-state index in [9.17, 15) is 4.79 Å². The first-order valence-electron chi connectivity index (χ1n) is 9.64. The van der Waals surface area contributed by atoms with E-state index < -0.39 is 0 Å². The molecule has 1 atom stereocenters. The van der Waals surface area contributed by atoms with Crippen LogP contribution in [0.4, 0.5) is 0 Å². The lowest BCUT2D eigenvalue weighted by molar-refractivity contribution is 0.0657. The van der Waals surface area contributed by atoms with E-state index in [1.807, 2.05) is 11.0 Å². The number of nitrogens with one attached hydrogen (secondary N) is 1. The number of hydrogen-bond donors (Lipinski definition) is 1. The van der Waals surface area contributed by atoms with Crippen molar-refractivity contribution in [1.82, 2.24) is 20.4 Å². The lowest BCUT2D eigenvalue weighted by Crippen LogP contribution is -2.52. The lowest BCUT2D eigenvalue weighted by atomic mass is 9.89. The summed E-state index contributed by atoms with van der Waals surface area (Å²) < 4.78 is 5.57. The van der Waals surface area contributed by atoms with Crippen molar-refractivity contribution < 1.29 is 9.32 Å². The maximum absolute atomic E-state index is 13.4. The van der Waals surface area contributed by atoms with Gasteiger partial charge in [-0.15, -0.1) is 12.4 Å². The average molecular weight is 393 g/mol. The molecule has 1 saturated carbocycles. The second-order valence-corrected chi connectivity index (χ2v) is 8.97. The molecule has 0 bridgehead atoms. The summed E-state index contributed by atoms with van der Waals surface area (Å²) in [5, 5.41) is 8.44. The van der Waals surface area contributed by atoms with Gasteiger partial charge in [-0.3, -0.25) is 4.79 Å². The van der Waals surface area contributed by atoms with Gasteiger partial charge in [-0.25, -0.2) is 4.98 Å². The summed E-state index contributed by atoms with van der Waals surface area (Å²) in [7, 11) is 0. The van der Waals surface area contributed by atoms with Crippen LogP contribution in [0.15, 0.2) is 10.6 Å². The molecule has 4 rings (SSSR count). The highest BCUT2D eigenvalue weighted by molar-refractivity contribution is 6.06. The first-order chi connectivity index (χ1) is 12.3. The van der Waals surface area contributed by atoms with E-state index in [0.29, 0.717) is 17.2 Å². The van der Waals surface area contributed by atoms with Gasteiger partial charge in [0.1, 0.15) is 0 Å². The van der Waals surface area contributed by atoms with Gasteiger partial charge in [0.2, 0.25) is 0 Å². The van der Waals surface area contributed by atoms with E-state index in [1.54, 1.807) is 0 Å². The van der Waals surface area contributed by atoms with Gasteiger partial charge >= 0.3 is 0 Å². The molecule has 0 unspecified atom stereocenters. The Hall–Kier alpha value is -1.66. The molecule has 1 amide bonds. The zero-order valence-electron chi connectivity index (χ0n) is 16.5. The minimum Gasteiger partial charge on any atom is -0.336 e. The third kappa shape index (κ3) is 4.11. The molecule has 1 aliphatic carbocycles. The average Bonchev–Trinajstić information content (AvgIpc) is 3.36. The van der Waals surface area contributed by atoms with Crippen molar-refractivity contribution in [2.45, 2.75) is 58.9 Å². The van der Waals surface area contributed by atoms with E-state index in [2.05, 4.69) is 43.2 Å². The molecule has 27 heavy (non-hydrogen) atoms. The zero-order chi connectivity index (χ0) is 18.5. The minimum absolute atomic E-state index is 0. The first-order valence-corrected chi connectivity index (χ1v) is 9.64. The van der Waals surface area contributed by atoms with Crippen LogP contribution in [0.1, 0.15) is 68.2 Å². The standard InChI is InChI=1S/C20H28N4O2.ClH/c1-12-11-21-7-8-24(12)19(25)14-9-15(13-5-6-13)22-18-17(14)16(23-26-18)10-20(2,3)4;/h9,12-13,21H,5-8,10-11H2,1-4H3;1H/t12-;/m1./s1. The summed E-state index contributed by atoms with van der Waals surface area (Å²) in [5.74, 6) is 0.536. The number of pyridine rings is 1. The SMILES string of the molecule is C[C@@H]1CNCCN1C(=O)c1cc(C2CC2)nc2onc(CC(C)(C)C)c12.Cl. The number of carbonyl (C=O) groups excluding carboxylic acids is 1. The molecule has 1 N–H and O–H groups in total. The van der Waals surface area contributed by atoms with Crippen molar-refractivity contribution in [1.29, 1.82) is 0 Å². The molecular weight excluding hydrogens is 364 g/mol. The van der Waals surface area contributed by atoms with Crippen LogP contribution < -0.4 is 5.32 Å². The number of nitrogens with zero attached hydrogens (tertiary/aromatic N) is 3. The quantitative estimate of drug-likeness (QED) is 0.864. The summed E-state index contributed by atoms with van der Waals surface area (Å²) >= 11 is 0. The molecule has 2 fully saturated rings. The van der Waals surface area contributed by atoms with Crippen molar-refractivity contribution in [2.24, 2.45) is 5.41 Å². The van der Waals surface area contributed by atoms with Crippen LogP contribution >= 0.6 is 12.4 Å². The number of amides is 1. The van der Waals surface area contributed by atoms with Crippen LogP contribution in [0.5, 0.6) is 0 Å². The summed E-state index contributed by atoms with van der Waals surface area (Å²) in [5.41, 5.74) is 3.10. The van der Waals surface area contributed by atoms with Crippen LogP contribution in [-0.2, 0) is 6.42 Å². The molecular formula is C20H29ClN4O2. The van der Waals surface area contributed by atoms with Crippen molar-refractivity contribution in [3.05, 3.63) is 23.0 Å². The van der Waals surface area contributed by atoms with Gasteiger partial charge in [0.05, 0.1) is 16.6 Å². The Balaban J connectivity index is 0.00000210. The molecule has 0 radical (unpaired) electrons. The highest BCUT2D eigenvalue weighted by atomic mass is 35.5. The van der Waals surface area contributed by atoms with Crippen LogP contribution in [0.2, 0.25) is 0 Å². The van der Waals surface area contributed by atoms with Crippen molar-refractivity contribution in [3.8, 4) is 0 Å². The maximum atomic E-state index is 13.4. The molecule has 2 aliphatic rings. The third-order valence-electron chi connectivity index (χ3n) is 5.22. The fourth-order valence-electron chi connectivity index (χ4n) is 3.71.